The predicted octanol–water partition coefficient (Wildman–Crippen LogP) is 3.75. The van der Waals surface area contributed by atoms with Crippen LogP contribution in [0.25, 0.3) is 0 Å². The topological polar surface area (TPSA) is 38.1 Å². The van der Waals surface area contributed by atoms with Crippen molar-refractivity contribution in [1.29, 1.82) is 0 Å². The molecule has 0 aliphatic heterocycles. The molecule has 0 saturated heterocycles. The van der Waals surface area contributed by atoms with Crippen molar-refractivity contribution < 1.29 is 4.42 Å². The van der Waals surface area contributed by atoms with Gasteiger partial charge in [0.25, 0.3) is 0 Å². The molecule has 106 valence electrons. The first-order valence-corrected chi connectivity index (χ1v) is 7.53. The van der Waals surface area contributed by atoms with E-state index in [9.17, 15) is 0 Å². The average Bonchev–Trinajstić information content (AvgIpc) is 3.07. The Bertz CT molecular complexity index is 576. The normalized spacial score (nSPS) is 19.0. The number of pyridine rings is 1. The molecule has 2 aromatic rings. The lowest BCUT2D eigenvalue weighted by Gasteiger charge is -2.23. The van der Waals surface area contributed by atoms with Gasteiger partial charge in [-0.15, -0.1) is 0 Å². The van der Waals surface area contributed by atoms with Crippen molar-refractivity contribution in [1.82, 2.24) is 10.3 Å². The number of nitrogens with one attached hydrogen (secondary N) is 1. The molecule has 1 N–H and O–H groups in total. The second-order valence-corrected chi connectivity index (χ2v) is 5.57. The number of hydrogen-bond donors (Lipinski definition) is 1. The number of rotatable bonds is 5. The van der Waals surface area contributed by atoms with Crippen LogP contribution in [0, 0.1) is 6.92 Å². The Labute approximate surface area is 120 Å². The molecule has 0 radical (unpaired) electrons. The van der Waals surface area contributed by atoms with E-state index in [0.29, 0.717) is 5.92 Å². The molecule has 0 amide bonds. The number of fused-ring (bicyclic) bond motifs is 1. The lowest BCUT2D eigenvalue weighted by Crippen LogP contribution is -2.27. The molecule has 0 bridgehead atoms. The molecular formula is C17H22N2O. The molecular weight excluding hydrogens is 248 g/mol. The Balaban J connectivity index is 1.90. The van der Waals surface area contributed by atoms with Gasteiger partial charge in [0.1, 0.15) is 11.5 Å². The van der Waals surface area contributed by atoms with Crippen LogP contribution in [-0.4, -0.2) is 11.5 Å². The molecule has 20 heavy (non-hydrogen) atoms. The fourth-order valence-corrected chi connectivity index (χ4v) is 3.13. The highest BCUT2D eigenvalue weighted by Crippen LogP contribution is 2.40. The van der Waals surface area contributed by atoms with Crippen LogP contribution in [0.1, 0.15) is 54.5 Å². The number of nitrogens with zero attached hydrogens (tertiary/aromatic N) is 1. The van der Waals surface area contributed by atoms with Crippen molar-refractivity contribution in [3.63, 3.8) is 0 Å². The standard InChI is InChI=1S/C17H22N2O/c1-3-10-18-17(15-9-6-12(2)20-15)14-8-7-13-5-4-11-19-16(13)14/h4-6,9,11,14,17-18H,3,7-8,10H2,1-2H3. The minimum Gasteiger partial charge on any atom is -0.465 e. The molecule has 2 heterocycles. The summed E-state index contributed by atoms with van der Waals surface area (Å²) in [5.41, 5.74) is 2.64. The molecule has 0 aromatic carbocycles. The maximum Gasteiger partial charge on any atom is 0.121 e. The van der Waals surface area contributed by atoms with Gasteiger partial charge in [0.15, 0.2) is 0 Å². The fraction of sp³-hybridized carbons (Fsp3) is 0.471. The summed E-state index contributed by atoms with van der Waals surface area (Å²) in [5.74, 6) is 2.44. The van der Waals surface area contributed by atoms with Gasteiger partial charge in [0.2, 0.25) is 0 Å². The Morgan fingerprint density at radius 2 is 2.30 bits per heavy atom. The zero-order valence-corrected chi connectivity index (χ0v) is 12.2. The molecule has 0 spiro atoms. The third kappa shape index (κ3) is 2.50. The van der Waals surface area contributed by atoms with Crippen LogP contribution in [0.4, 0.5) is 0 Å². The summed E-state index contributed by atoms with van der Waals surface area (Å²) >= 11 is 0. The highest BCUT2D eigenvalue weighted by atomic mass is 16.3. The lowest BCUT2D eigenvalue weighted by atomic mass is 9.94. The molecule has 0 saturated carbocycles. The van der Waals surface area contributed by atoms with Crippen LogP contribution in [0.5, 0.6) is 0 Å². The summed E-state index contributed by atoms with van der Waals surface area (Å²) in [5, 5.41) is 3.65. The number of hydrogen-bond acceptors (Lipinski definition) is 3. The third-order valence-electron chi connectivity index (χ3n) is 4.09. The second-order valence-electron chi connectivity index (χ2n) is 5.57. The van der Waals surface area contributed by atoms with Gasteiger partial charge < -0.3 is 9.73 Å². The van der Waals surface area contributed by atoms with E-state index in [0.717, 1.165) is 37.3 Å². The van der Waals surface area contributed by atoms with E-state index >= 15 is 0 Å². The molecule has 1 aliphatic rings. The van der Waals surface area contributed by atoms with Crippen LogP contribution in [-0.2, 0) is 6.42 Å². The van der Waals surface area contributed by atoms with Crippen LogP contribution in [0.2, 0.25) is 0 Å². The second kappa shape index (κ2) is 5.80. The van der Waals surface area contributed by atoms with Crippen LogP contribution in [0.3, 0.4) is 0 Å². The van der Waals surface area contributed by atoms with Crippen molar-refractivity contribution in [2.24, 2.45) is 0 Å². The van der Waals surface area contributed by atoms with Gasteiger partial charge in [-0.1, -0.05) is 13.0 Å². The maximum atomic E-state index is 5.88. The summed E-state index contributed by atoms with van der Waals surface area (Å²) < 4.78 is 5.88. The molecule has 2 unspecified atom stereocenters. The van der Waals surface area contributed by atoms with Gasteiger partial charge in [-0.2, -0.15) is 0 Å². The number of furan rings is 1. The van der Waals surface area contributed by atoms with E-state index in [2.05, 4.69) is 29.4 Å². The van der Waals surface area contributed by atoms with Gasteiger partial charge in [0.05, 0.1) is 6.04 Å². The summed E-state index contributed by atoms with van der Waals surface area (Å²) in [4.78, 5) is 4.62. The minimum absolute atomic E-state index is 0.236. The van der Waals surface area contributed by atoms with Crippen molar-refractivity contribution >= 4 is 0 Å². The molecule has 3 nitrogen and oxygen atoms in total. The zero-order valence-electron chi connectivity index (χ0n) is 12.2. The van der Waals surface area contributed by atoms with Gasteiger partial charge in [-0.25, -0.2) is 0 Å². The zero-order chi connectivity index (χ0) is 13.9. The molecule has 3 heteroatoms. The van der Waals surface area contributed by atoms with E-state index in [1.807, 2.05) is 25.3 Å². The number of aryl methyl sites for hydroxylation is 2. The summed E-state index contributed by atoms with van der Waals surface area (Å²) in [6.07, 6.45) is 5.30. The molecule has 0 fully saturated rings. The number of aromatic nitrogens is 1. The maximum absolute atomic E-state index is 5.88. The van der Waals surface area contributed by atoms with E-state index < -0.39 is 0 Å². The van der Waals surface area contributed by atoms with Crippen molar-refractivity contribution in [2.75, 3.05) is 6.54 Å². The van der Waals surface area contributed by atoms with Gasteiger partial charge in [0, 0.05) is 17.8 Å². The highest BCUT2D eigenvalue weighted by Gasteiger charge is 2.33. The Kier molecular flexibility index (Phi) is 3.88. The van der Waals surface area contributed by atoms with Crippen LogP contribution in [0.15, 0.2) is 34.9 Å². The summed E-state index contributed by atoms with van der Waals surface area (Å²) in [6.45, 7) is 5.20. The molecule has 3 rings (SSSR count). The first-order chi connectivity index (χ1) is 9.79. The Morgan fingerprint density at radius 3 is 3.05 bits per heavy atom. The van der Waals surface area contributed by atoms with Crippen molar-refractivity contribution in [3.8, 4) is 0 Å². The lowest BCUT2D eigenvalue weighted by molar-refractivity contribution is 0.353. The first-order valence-electron chi connectivity index (χ1n) is 7.53. The van der Waals surface area contributed by atoms with Gasteiger partial charge in [-0.3, -0.25) is 4.98 Å². The van der Waals surface area contributed by atoms with E-state index in [1.165, 1.54) is 11.3 Å². The first kappa shape index (κ1) is 13.4. The highest BCUT2D eigenvalue weighted by molar-refractivity contribution is 5.31. The smallest absolute Gasteiger partial charge is 0.121 e. The van der Waals surface area contributed by atoms with Gasteiger partial charge in [-0.05, 0) is 56.5 Å². The third-order valence-corrected chi connectivity index (χ3v) is 4.09. The summed E-state index contributed by atoms with van der Waals surface area (Å²) in [6, 6.07) is 8.62. The quantitative estimate of drug-likeness (QED) is 0.899. The van der Waals surface area contributed by atoms with Crippen molar-refractivity contribution in [2.45, 2.75) is 45.1 Å². The monoisotopic (exact) mass is 270 g/mol. The molecule has 2 atom stereocenters. The van der Waals surface area contributed by atoms with Gasteiger partial charge >= 0.3 is 0 Å². The van der Waals surface area contributed by atoms with E-state index in [-0.39, 0.29) is 6.04 Å². The van der Waals surface area contributed by atoms with E-state index in [1.54, 1.807) is 0 Å². The predicted molar refractivity (Wildman–Crippen MR) is 79.8 cm³/mol. The largest absolute Gasteiger partial charge is 0.465 e. The Hall–Kier alpha value is -1.61. The SMILES string of the molecule is CCCNC(c1ccc(C)o1)C1CCc2cccnc21. The Morgan fingerprint density at radius 1 is 1.40 bits per heavy atom. The van der Waals surface area contributed by atoms with Crippen LogP contribution >= 0.6 is 0 Å². The molecule has 2 aromatic heterocycles. The van der Waals surface area contributed by atoms with Crippen molar-refractivity contribution in [3.05, 3.63) is 53.2 Å². The fourth-order valence-electron chi connectivity index (χ4n) is 3.13. The minimum atomic E-state index is 0.236. The average molecular weight is 270 g/mol. The van der Waals surface area contributed by atoms with E-state index in [4.69, 9.17) is 4.42 Å². The molecule has 1 aliphatic carbocycles. The van der Waals surface area contributed by atoms with Crippen LogP contribution < -0.4 is 5.32 Å². The summed E-state index contributed by atoms with van der Waals surface area (Å²) in [7, 11) is 0.